The van der Waals surface area contributed by atoms with Crippen molar-refractivity contribution in [3.05, 3.63) is 30.1 Å². The van der Waals surface area contributed by atoms with E-state index < -0.39 is 17.8 Å². The van der Waals surface area contributed by atoms with Crippen LogP contribution in [0.3, 0.4) is 0 Å². The van der Waals surface area contributed by atoms with Gasteiger partial charge in [0, 0.05) is 5.69 Å². The van der Waals surface area contributed by atoms with Gasteiger partial charge in [0.2, 0.25) is 6.41 Å². The summed E-state index contributed by atoms with van der Waals surface area (Å²) in [6.07, 6.45) is 0.409. The Morgan fingerprint density at radius 1 is 1.47 bits per heavy atom. The highest BCUT2D eigenvalue weighted by atomic mass is 19.1. The van der Waals surface area contributed by atoms with Gasteiger partial charge in [0.15, 0.2) is 0 Å². The molecule has 0 unspecified atom stereocenters. The molecule has 0 saturated heterocycles. The van der Waals surface area contributed by atoms with Gasteiger partial charge in [-0.05, 0) is 31.2 Å². The van der Waals surface area contributed by atoms with Crippen molar-refractivity contribution >= 4 is 18.1 Å². The fourth-order valence-electron chi connectivity index (χ4n) is 1.11. The van der Waals surface area contributed by atoms with Crippen LogP contribution in [0.25, 0.3) is 0 Å². The summed E-state index contributed by atoms with van der Waals surface area (Å²) in [6.45, 7) is 1.38. The highest BCUT2D eigenvalue weighted by Gasteiger charge is 2.20. The second-order valence-electron chi connectivity index (χ2n) is 3.00. The van der Waals surface area contributed by atoms with Gasteiger partial charge in [-0.25, -0.2) is 9.18 Å². The molecule has 0 radical (unpaired) electrons. The van der Waals surface area contributed by atoms with Gasteiger partial charge in [0.05, 0.1) is 0 Å². The Bertz CT molecular complexity index is 363. The predicted molar refractivity (Wildman–Crippen MR) is 52.0 cm³/mol. The van der Waals surface area contributed by atoms with Gasteiger partial charge in [0.1, 0.15) is 11.9 Å². The van der Waals surface area contributed by atoms with Crippen LogP contribution >= 0.6 is 0 Å². The van der Waals surface area contributed by atoms with Crippen molar-refractivity contribution in [3.8, 4) is 0 Å². The Hall–Kier alpha value is -1.91. The molecule has 1 atom stereocenters. The van der Waals surface area contributed by atoms with E-state index in [2.05, 4.69) is 0 Å². The number of anilines is 1. The van der Waals surface area contributed by atoms with E-state index >= 15 is 0 Å². The summed E-state index contributed by atoms with van der Waals surface area (Å²) in [4.78, 5) is 22.4. The first-order chi connectivity index (χ1) is 7.06. The lowest BCUT2D eigenvalue weighted by Gasteiger charge is -2.21. The summed E-state index contributed by atoms with van der Waals surface area (Å²) in [5, 5.41) is 8.72. The summed E-state index contributed by atoms with van der Waals surface area (Å²) < 4.78 is 12.6. The molecule has 1 aromatic rings. The highest BCUT2D eigenvalue weighted by molar-refractivity contribution is 5.87. The van der Waals surface area contributed by atoms with Gasteiger partial charge in [-0.2, -0.15) is 0 Å². The van der Waals surface area contributed by atoms with Crippen molar-refractivity contribution in [2.75, 3.05) is 4.90 Å². The molecule has 5 heteroatoms. The number of halogens is 1. The molecule has 0 aliphatic carbocycles. The summed E-state index contributed by atoms with van der Waals surface area (Å²) in [6, 6.07) is 4.06. The Balaban J connectivity index is 2.97. The van der Waals surface area contributed by atoms with Crippen LogP contribution in [0.15, 0.2) is 24.3 Å². The van der Waals surface area contributed by atoms with Crippen LogP contribution in [0.2, 0.25) is 0 Å². The lowest BCUT2D eigenvalue weighted by atomic mass is 10.2. The second-order valence-corrected chi connectivity index (χ2v) is 3.00. The minimum Gasteiger partial charge on any atom is -0.480 e. The third kappa shape index (κ3) is 2.52. The topological polar surface area (TPSA) is 57.6 Å². The first kappa shape index (κ1) is 11.2. The van der Waals surface area contributed by atoms with Crippen LogP contribution in [0, 0.1) is 5.82 Å². The van der Waals surface area contributed by atoms with Crippen LogP contribution in [-0.4, -0.2) is 23.5 Å². The van der Waals surface area contributed by atoms with Gasteiger partial charge in [-0.15, -0.1) is 0 Å². The van der Waals surface area contributed by atoms with E-state index in [1.807, 2.05) is 0 Å². The predicted octanol–water partition coefficient (Wildman–Crippen LogP) is 1.26. The minimum atomic E-state index is -1.12. The molecule has 0 heterocycles. The molecule has 0 spiro atoms. The second kappa shape index (κ2) is 4.54. The van der Waals surface area contributed by atoms with Crippen molar-refractivity contribution in [2.24, 2.45) is 0 Å². The molecular weight excluding hydrogens is 201 g/mol. The number of rotatable bonds is 4. The number of amides is 1. The normalized spacial score (nSPS) is 11.9. The number of aliphatic carboxylic acids is 1. The summed E-state index contributed by atoms with van der Waals surface area (Å²) >= 11 is 0. The maximum Gasteiger partial charge on any atom is 0.326 e. The molecule has 0 aliphatic rings. The first-order valence-corrected chi connectivity index (χ1v) is 4.28. The monoisotopic (exact) mass is 211 g/mol. The first-order valence-electron chi connectivity index (χ1n) is 4.28. The Morgan fingerprint density at radius 3 is 2.40 bits per heavy atom. The van der Waals surface area contributed by atoms with Gasteiger partial charge < -0.3 is 10.0 Å². The number of benzene rings is 1. The maximum atomic E-state index is 12.6. The average Bonchev–Trinajstić information content (AvgIpc) is 2.21. The molecule has 15 heavy (non-hydrogen) atoms. The van der Waals surface area contributed by atoms with E-state index in [0.29, 0.717) is 12.1 Å². The molecule has 1 N–H and O–H groups in total. The molecule has 0 saturated carbocycles. The molecule has 1 amide bonds. The van der Waals surface area contributed by atoms with E-state index in [1.54, 1.807) is 0 Å². The summed E-state index contributed by atoms with van der Waals surface area (Å²) in [7, 11) is 0. The average molecular weight is 211 g/mol. The van der Waals surface area contributed by atoms with Crippen LogP contribution in [0.1, 0.15) is 6.92 Å². The van der Waals surface area contributed by atoms with Crippen molar-refractivity contribution in [2.45, 2.75) is 13.0 Å². The van der Waals surface area contributed by atoms with Crippen molar-refractivity contribution in [3.63, 3.8) is 0 Å². The number of carbonyl (C=O) groups excluding carboxylic acids is 1. The number of nitrogens with zero attached hydrogens (tertiary/aromatic N) is 1. The smallest absolute Gasteiger partial charge is 0.326 e. The van der Waals surface area contributed by atoms with Crippen LogP contribution in [-0.2, 0) is 9.59 Å². The standard InChI is InChI=1S/C10H10FNO3/c1-7(10(14)15)12(6-13)9-4-2-8(11)3-5-9/h2-7H,1H3,(H,14,15)/t7-/m0/s1. The largest absolute Gasteiger partial charge is 0.480 e. The number of carboxylic acid groups (broad SMARTS) is 1. The van der Waals surface area contributed by atoms with Crippen LogP contribution in [0.4, 0.5) is 10.1 Å². The molecule has 80 valence electrons. The zero-order valence-corrected chi connectivity index (χ0v) is 8.05. The zero-order chi connectivity index (χ0) is 11.4. The quantitative estimate of drug-likeness (QED) is 0.763. The minimum absolute atomic E-state index is 0.348. The number of carboxylic acids is 1. The third-order valence-electron chi connectivity index (χ3n) is 2.01. The Labute approximate surface area is 85.9 Å². The molecule has 4 nitrogen and oxygen atoms in total. The van der Waals surface area contributed by atoms with Crippen LogP contribution in [0.5, 0.6) is 0 Å². The molecule has 0 bridgehead atoms. The van der Waals surface area contributed by atoms with Gasteiger partial charge in [-0.1, -0.05) is 0 Å². The fraction of sp³-hybridized carbons (Fsp3) is 0.200. The van der Waals surface area contributed by atoms with Gasteiger partial charge in [0.25, 0.3) is 0 Å². The third-order valence-corrected chi connectivity index (χ3v) is 2.01. The van der Waals surface area contributed by atoms with E-state index in [4.69, 9.17) is 5.11 Å². The number of hydrogen-bond donors (Lipinski definition) is 1. The lowest BCUT2D eigenvalue weighted by Crippen LogP contribution is -2.37. The van der Waals surface area contributed by atoms with Crippen LogP contribution < -0.4 is 4.90 Å². The van der Waals surface area contributed by atoms with Gasteiger partial charge in [-0.3, -0.25) is 4.79 Å². The van der Waals surface area contributed by atoms with Crippen molar-refractivity contribution < 1.29 is 19.1 Å². The van der Waals surface area contributed by atoms with E-state index in [-0.39, 0.29) is 0 Å². The maximum absolute atomic E-state index is 12.6. The lowest BCUT2D eigenvalue weighted by molar-refractivity contribution is -0.138. The molecule has 0 aromatic heterocycles. The number of hydrogen-bond acceptors (Lipinski definition) is 2. The molecule has 1 aromatic carbocycles. The van der Waals surface area contributed by atoms with Crippen molar-refractivity contribution in [1.29, 1.82) is 0 Å². The fourth-order valence-corrected chi connectivity index (χ4v) is 1.11. The molecule has 0 fully saturated rings. The molecule has 1 rings (SSSR count). The number of carbonyl (C=O) groups is 2. The SMILES string of the molecule is C[C@@H](C(=O)O)N(C=O)c1ccc(F)cc1. The Morgan fingerprint density at radius 2 is 2.00 bits per heavy atom. The van der Waals surface area contributed by atoms with Gasteiger partial charge >= 0.3 is 5.97 Å². The summed E-state index contributed by atoms with van der Waals surface area (Å²) in [5.74, 6) is -1.56. The zero-order valence-electron chi connectivity index (χ0n) is 8.05. The Kier molecular flexibility index (Phi) is 3.38. The molecule has 0 aliphatic heterocycles. The van der Waals surface area contributed by atoms with E-state index in [1.165, 1.54) is 31.2 Å². The van der Waals surface area contributed by atoms with E-state index in [9.17, 15) is 14.0 Å². The highest BCUT2D eigenvalue weighted by Crippen LogP contribution is 2.15. The van der Waals surface area contributed by atoms with E-state index in [0.717, 1.165) is 4.90 Å². The summed E-state index contributed by atoms with van der Waals surface area (Å²) in [5.41, 5.74) is 0.348. The van der Waals surface area contributed by atoms with Crippen molar-refractivity contribution in [1.82, 2.24) is 0 Å². The molecular formula is C10H10FNO3.